The molecule has 0 aliphatic rings. The summed E-state index contributed by atoms with van der Waals surface area (Å²) in [6, 6.07) is 12.2. The molecule has 0 radical (unpaired) electrons. The lowest BCUT2D eigenvalue weighted by molar-refractivity contribution is -0.118. The summed E-state index contributed by atoms with van der Waals surface area (Å²) in [6.07, 6.45) is 2.48. The molecule has 8 heteroatoms. The van der Waals surface area contributed by atoms with Crippen molar-refractivity contribution in [2.24, 2.45) is 0 Å². The number of rotatable bonds is 8. The number of methoxy groups -OCH3 is 1. The number of benzene rings is 2. The van der Waals surface area contributed by atoms with E-state index in [0.717, 1.165) is 21.5 Å². The van der Waals surface area contributed by atoms with Gasteiger partial charge in [-0.25, -0.2) is 4.98 Å². The van der Waals surface area contributed by atoms with Crippen LogP contribution >= 0.6 is 23.1 Å². The highest BCUT2D eigenvalue weighted by Gasteiger charge is 2.23. The van der Waals surface area contributed by atoms with E-state index in [-0.39, 0.29) is 11.8 Å². The number of amides is 2. The summed E-state index contributed by atoms with van der Waals surface area (Å²) in [5.74, 6) is 0.584. The number of hydrogen-bond donors (Lipinski definition) is 2. The molecular formula is C21H23N3O3S2. The minimum atomic E-state index is -0.673. The average molecular weight is 430 g/mol. The molecule has 0 fully saturated rings. The van der Waals surface area contributed by atoms with Crippen molar-refractivity contribution in [2.75, 3.05) is 24.4 Å². The summed E-state index contributed by atoms with van der Waals surface area (Å²) in [7, 11) is 1.51. The third-order valence-electron chi connectivity index (χ3n) is 4.36. The number of para-hydroxylation sites is 1. The normalized spacial score (nSPS) is 11.8. The van der Waals surface area contributed by atoms with Crippen LogP contribution < -0.4 is 15.4 Å². The number of nitrogens with zero attached hydrogens (tertiary/aromatic N) is 1. The molecule has 1 atom stereocenters. The molecule has 2 N–H and O–H groups in total. The van der Waals surface area contributed by atoms with E-state index in [1.54, 1.807) is 36.0 Å². The van der Waals surface area contributed by atoms with Crippen LogP contribution in [0, 0.1) is 6.92 Å². The number of carbonyl (C=O) groups excluding carboxylic acids is 2. The van der Waals surface area contributed by atoms with E-state index in [1.807, 2.05) is 31.4 Å². The number of carbonyl (C=O) groups is 2. The molecule has 152 valence electrons. The number of thioether (sulfide) groups is 1. The van der Waals surface area contributed by atoms with Crippen molar-refractivity contribution in [2.45, 2.75) is 19.4 Å². The van der Waals surface area contributed by atoms with Gasteiger partial charge in [0, 0.05) is 0 Å². The Kier molecular flexibility index (Phi) is 7.11. The van der Waals surface area contributed by atoms with Crippen molar-refractivity contribution < 1.29 is 14.3 Å². The van der Waals surface area contributed by atoms with Crippen molar-refractivity contribution >= 4 is 50.3 Å². The van der Waals surface area contributed by atoms with Crippen LogP contribution in [-0.2, 0) is 4.79 Å². The summed E-state index contributed by atoms with van der Waals surface area (Å²) in [5.41, 5.74) is 2.38. The van der Waals surface area contributed by atoms with Crippen LogP contribution in [-0.4, -0.2) is 42.0 Å². The van der Waals surface area contributed by atoms with Gasteiger partial charge in [0.25, 0.3) is 5.91 Å². The standard InChI is InChI=1S/C21H23N3O3S2/c1-13-8-9-15-18(12-13)29-21(23-15)24-20(26)16(10-11-28-3)22-19(25)14-6-4-5-7-17(14)27-2/h4-9,12,16H,10-11H2,1-3H3,(H,22,25)(H,23,24,26). The number of thiazole rings is 1. The Morgan fingerprint density at radius 2 is 2.03 bits per heavy atom. The van der Waals surface area contributed by atoms with Gasteiger partial charge in [0.15, 0.2) is 5.13 Å². The highest BCUT2D eigenvalue weighted by atomic mass is 32.2. The Morgan fingerprint density at radius 1 is 1.24 bits per heavy atom. The molecule has 0 aliphatic heterocycles. The zero-order chi connectivity index (χ0) is 20.8. The van der Waals surface area contributed by atoms with Crippen LogP contribution in [0.4, 0.5) is 5.13 Å². The van der Waals surface area contributed by atoms with Gasteiger partial charge in [-0.1, -0.05) is 29.5 Å². The fourth-order valence-corrected chi connectivity index (χ4v) is 4.29. The molecule has 3 rings (SSSR count). The van der Waals surface area contributed by atoms with E-state index in [4.69, 9.17) is 4.74 Å². The van der Waals surface area contributed by atoms with Gasteiger partial charge in [-0.3, -0.25) is 9.59 Å². The predicted octanol–water partition coefficient (Wildman–Crippen LogP) is 4.10. The van der Waals surface area contributed by atoms with E-state index in [9.17, 15) is 9.59 Å². The maximum atomic E-state index is 12.9. The lowest BCUT2D eigenvalue weighted by Gasteiger charge is -2.18. The minimum Gasteiger partial charge on any atom is -0.496 e. The number of aromatic nitrogens is 1. The van der Waals surface area contributed by atoms with E-state index in [0.29, 0.717) is 22.9 Å². The molecule has 1 unspecified atom stereocenters. The number of aryl methyl sites for hydroxylation is 1. The first-order valence-corrected chi connectivity index (χ1v) is 11.3. The van der Waals surface area contributed by atoms with E-state index in [1.165, 1.54) is 18.4 Å². The molecule has 0 saturated carbocycles. The molecule has 2 aromatic carbocycles. The second-order valence-corrected chi connectivity index (χ2v) is 8.50. The van der Waals surface area contributed by atoms with Gasteiger partial charge in [0.1, 0.15) is 11.8 Å². The van der Waals surface area contributed by atoms with Crippen molar-refractivity contribution in [3.63, 3.8) is 0 Å². The number of hydrogen-bond acceptors (Lipinski definition) is 6. The van der Waals surface area contributed by atoms with Gasteiger partial charge in [-0.05, 0) is 55.2 Å². The molecule has 0 saturated heterocycles. The number of ether oxygens (including phenoxy) is 1. The van der Waals surface area contributed by atoms with Crippen LogP contribution in [0.2, 0.25) is 0 Å². The van der Waals surface area contributed by atoms with Crippen molar-refractivity contribution in [3.8, 4) is 5.75 Å². The number of fused-ring (bicyclic) bond motifs is 1. The van der Waals surface area contributed by atoms with Gasteiger partial charge in [-0.15, -0.1) is 0 Å². The monoisotopic (exact) mass is 429 g/mol. The van der Waals surface area contributed by atoms with Gasteiger partial charge in [0.2, 0.25) is 5.91 Å². The van der Waals surface area contributed by atoms with Crippen LogP contribution in [0.15, 0.2) is 42.5 Å². The Labute approximate surface area is 178 Å². The third kappa shape index (κ3) is 5.27. The van der Waals surface area contributed by atoms with E-state index < -0.39 is 6.04 Å². The maximum absolute atomic E-state index is 12.9. The summed E-state index contributed by atoms with van der Waals surface area (Å²) in [6.45, 7) is 2.02. The third-order valence-corrected chi connectivity index (χ3v) is 5.94. The smallest absolute Gasteiger partial charge is 0.255 e. The summed E-state index contributed by atoms with van der Waals surface area (Å²) in [4.78, 5) is 30.1. The largest absolute Gasteiger partial charge is 0.496 e. The average Bonchev–Trinajstić information content (AvgIpc) is 3.11. The van der Waals surface area contributed by atoms with Crippen LogP contribution in [0.3, 0.4) is 0 Å². The lowest BCUT2D eigenvalue weighted by Crippen LogP contribution is -2.44. The quantitative estimate of drug-likeness (QED) is 0.563. The van der Waals surface area contributed by atoms with Gasteiger partial charge >= 0.3 is 0 Å². The predicted molar refractivity (Wildman–Crippen MR) is 120 cm³/mol. The zero-order valence-corrected chi connectivity index (χ0v) is 18.2. The molecule has 0 spiro atoms. The first kappa shape index (κ1) is 21.1. The Balaban J connectivity index is 1.75. The van der Waals surface area contributed by atoms with Crippen LogP contribution in [0.25, 0.3) is 10.2 Å². The Morgan fingerprint density at radius 3 is 2.79 bits per heavy atom. The van der Waals surface area contributed by atoms with Gasteiger partial charge in [0.05, 0.1) is 22.9 Å². The molecule has 0 bridgehead atoms. The first-order valence-electron chi connectivity index (χ1n) is 9.12. The molecule has 0 aliphatic carbocycles. The first-order chi connectivity index (χ1) is 14.0. The SMILES string of the molecule is COc1ccccc1C(=O)NC(CCSC)C(=O)Nc1nc2ccc(C)cc2s1. The van der Waals surface area contributed by atoms with Crippen LogP contribution in [0.1, 0.15) is 22.3 Å². The molecule has 29 heavy (non-hydrogen) atoms. The number of anilines is 1. The summed E-state index contributed by atoms with van der Waals surface area (Å²) >= 11 is 3.04. The molecule has 1 heterocycles. The molecular weight excluding hydrogens is 406 g/mol. The van der Waals surface area contributed by atoms with Crippen molar-refractivity contribution in [1.82, 2.24) is 10.3 Å². The zero-order valence-electron chi connectivity index (χ0n) is 16.5. The number of nitrogens with one attached hydrogen (secondary N) is 2. The fraction of sp³-hybridized carbons (Fsp3) is 0.286. The molecule has 2 amide bonds. The van der Waals surface area contributed by atoms with Crippen LogP contribution in [0.5, 0.6) is 5.75 Å². The van der Waals surface area contributed by atoms with Gasteiger partial charge in [-0.2, -0.15) is 11.8 Å². The minimum absolute atomic E-state index is 0.280. The van der Waals surface area contributed by atoms with E-state index in [2.05, 4.69) is 15.6 Å². The second kappa shape index (κ2) is 9.76. The maximum Gasteiger partial charge on any atom is 0.255 e. The Bertz CT molecular complexity index is 1020. The topological polar surface area (TPSA) is 80.3 Å². The second-order valence-electron chi connectivity index (χ2n) is 6.49. The van der Waals surface area contributed by atoms with Crippen molar-refractivity contribution in [3.05, 3.63) is 53.6 Å². The van der Waals surface area contributed by atoms with E-state index >= 15 is 0 Å². The van der Waals surface area contributed by atoms with Crippen molar-refractivity contribution in [1.29, 1.82) is 0 Å². The highest BCUT2D eigenvalue weighted by molar-refractivity contribution is 7.98. The highest BCUT2D eigenvalue weighted by Crippen LogP contribution is 2.27. The molecule has 6 nitrogen and oxygen atoms in total. The Hall–Kier alpha value is -2.58. The fourth-order valence-electron chi connectivity index (χ4n) is 2.85. The molecule has 3 aromatic rings. The summed E-state index contributed by atoms with van der Waals surface area (Å²) in [5, 5.41) is 6.22. The van der Waals surface area contributed by atoms with Gasteiger partial charge < -0.3 is 15.4 Å². The molecule has 1 aromatic heterocycles. The lowest BCUT2D eigenvalue weighted by atomic mass is 10.1. The summed E-state index contributed by atoms with van der Waals surface area (Å²) < 4.78 is 6.27.